The number of benzene rings is 1. The van der Waals surface area contributed by atoms with Crippen molar-refractivity contribution in [2.45, 2.75) is 32.0 Å². The molecule has 1 aromatic carbocycles. The second-order valence-corrected chi connectivity index (χ2v) is 6.29. The number of carbonyl (C=O) groups excluding carboxylic acids is 2. The third kappa shape index (κ3) is 4.93. The summed E-state index contributed by atoms with van der Waals surface area (Å²) in [6.45, 7) is 3.60. The van der Waals surface area contributed by atoms with Gasteiger partial charge in [-0.15, -0.1) is 0 Å². The Morgan fingerprint density at radius 2 is 1.68 bits per heavy atom. The topological polar surface area (TPSA) is 74.6 Å². The van der Waals surface area contributed by atoms with E-state index >= 15 is 0 Å². The molecule has 25 heavy (non-hydrogen) atoms. The predicted molar refractivity (Wildman–Crippen MR) is 96.1 cm³/mol. The van der Waals surface area contributed by atoms with E-state index in [0.29, 0.717) is 0 Å². The fraction of sp³-hybridized carbons (Fsp3) is 0.368. The Balaban J connectivity index is 1.98. The monoisotopic (exact) mass is 343 g/mol. The van der Waals surface area contributed by atoms with Crippen LogP contribution in [0, 0.1) is 0 Å². The molecule has 1 aromatic heterocycles. The van der Waals surface area contributed by atoms with Gasteiger partial charge < -0.3 is 20.0 Å². The molecule has 3 atom stereocenters. The Morgan fingerprint density at radius 3 is 2.24 bits per heavy atom. The van der Waals surface area contributed by atoms with Crippen molar-refractivity contribution in [3.8, 4) is 0 Å². The van der Waals surface area contributed by atoms with Gasteiger partial charge in [0.15, 0.2) is 5.76 Å². The zero-order valence-corrected chi connectivity index (χ0v) is 15.0. The molecule has 0 unspecified atom stereocenters. The summed E-state index contributed by atoms with van der Waals surface area (Å²) in [6, 6.07) is 12.4. The molecule has 0 bridgehead atoms. The van der Waals surface area contributed by atoms with Crippen LogP contribution in [0.15, 0.2) is 53.1 Å². The molecule has 2 aromatic rings. The standard InChI is InChI=1S/C19H25N3O3/c1-13(17(22(3)4)15-9-6-5-7-10-15)20-18(23)14(2)21-19(24)16-11-8-12-25-16/h5-14,17H,1-4H3,(H,20,23)(H,21,24)/t13-,14-,17+/m0/s1. The number of hydrogen-bond acceptors (Lipinski definition) is 4. The Morgan fingerprint density at radius 1 is 1.00 bits per heavy atom. The molecule has 0 radical (unpaired) electrons. The van der Waals surface area contributed by atoms with E-state index in [2.05, 4.69) is 15.5 Å². The lowest BCUT2D eigenvalue weighted by molar-refractivity contribution is -0.123. The minimum atomic E-state index is -0.668. The largest absolute Gasteiger partial charge is 0.459 e. The molecule has 2 N–H and O–H groups in total. The smallest absolute Gasteiger partial charge is 0.287 e. The number of carbonyl (C=O) groups is 2. The first-order chi connectivity index (χ1) is 11.9. The zero-order chi connectivity index (χ0) is 18.4. The fourth-order valence-corrected chi connectivity index (χ4v) is 2.85. The van der Waals surface area contributed by atoms with E-state index < -0.39 is 11.9 Å². The van der Waals surface area contributed by atoms with Gasteiger partial charge in [-0.3, -0.25) is 9.59 Å². The van der Waals surface area contributed by atoms with Gasteiger partial charge in [-0.2, -0.15) is 0 Å². The third-order valence-electron chi connectivity index (χ3n) is 4.03. The first-order valence-corrected chi connectivity index (χ1v) is 8.26. The summed E-state index contributed by atoms with van der Waals surface area (Å²) in [4.78, 5) is 26.5. The minimum Gasteiger partial charge on any atom is -0.459 e. The van der Waals surface area contributed by atoms with Crippen molar-refractivity contribution in [2.24, 2.45) is 0 Å². The van der Waals surface area contributed by atoms with Crippen LogP contribution in [0.3, 0.4) is 0 Å². The Labute approximate surface area is 148 Å². The lowest BCUT2D eigenvalue weighted by Crippen LogP contribution is -2.50. The summed E-state index contributed by atoms with van der Waals surface area (Å²) in [5.74, 6) is -0.467. The molecule has 2 rings (SSSR count). The molecule has 0 aliphatic carbocycles. The van der Waals surface area contributed by atoms with E-state index in [0.717, 1.165) is 5.56 Å². The zero-order valence-electron chi connectivity index (χ0n) is 15.0. The van der Waals surface area contributed by atoms with Crippen LogP contribution < -0.4 is 10.6 Å². The van der Waals surface area contributed by atoms with Gasteiger partial charge in [0.05, 0.1) is 12.3 Å². The van der Waals surface area contributed by atoms with Gasteiger partial charge >= 0.3 is 0 Å². The highest BCUT2D eigenvalue weighted by molar-refractivity contribution is 5.95. The maximum absolute atomic E-state index is 12.4. The number of nitrogens with one attached hydrogen (secondary N) is 2. The van der Waals surface area contributed by atoms with Crippen LogP contribution in [-0.2, 0) is 4.79 Å². The molecule has 0 saturated heterocycles. The second kappa shape index (κ2) is 8.48. The molecule has 0 spiro atoms. The highest BCUT2D eigenvalue weighted by Gasteiger charge is 2.25. The highest BCUT2D eigenvalue weighted by Crippen LogP contribution is 2.21. The Bertz CT molecular complexity index is 683. The molecule has 0 fully saturated rings. The fourth-order valence-electron chi connectivity index (χ4n) is 2.85. The average Bonchev–Trinajstić information content (AvgIpc) is 3.10. The van der Waals surface area contributed by atoms with Crippen molar-refractivity contribution >= 4 is 11.8 Å². The van der Waals surface area contributed by atoms with Crippen molar-refractivity contribution in [3.05, 3.63) is 60.1 Å². The SMILES string of the molecule is C[C@H](NC(=O)c1ccco1)C(=O)N[C@@H](C)[C@H](c1ccccc1)N(C)C. The van der Waals surface area contributed by atoms with Crippen molar-refractivity contribution in [3.63, 3.8) is 0 Å². The molecule has 0 saturated carbocycles. The van der Waals surface area contributed by atoms with Crippen LogP contribution in [0.5, 0.6) is 0 Å². The summed E-state index contributed by atoms with van der Waals surface area (Å²) in [5.41, 5.74) is 1.12. The van der Waals surface area contributed by atoms with E-state index in [-0.39, 0.29) is 23.8 Å². The lowest BCUT2D eigenvalue weighted by Gasteiger charge is -2.31. The molecular formula is C19H25N3O3. The van der Waals surface area contributed by atoms with Crippen LogP contribution in [0.25, 0.3) is 0 Å². The highest BCUT2D eigenvalue weighted by atomic mass is 16.3. The van der Waals surface area contributed by atoms with Crippen LogP contribution in [0.1, 0.15) is 36.0 Å². The predicted octanol–water partition coefficient (Wildman–Crippen LogP) is 2.21. The number of amides is 2. The normalized spacial score (nSPS) is 14.6. The summed E-state index contributed by atoms with van der Waals surface area (Å²) in [6.07, 6.45) is 1.42. The summed E-state index contributed by atoms with van der Waals surface area (Å²) < 4.78 is 5.03. The molecule has 0 aliphatic heterocycles. The van der Waals surface area contributed by atoms with Crippen molar-refractivity contribution in [1.29, 1.82) is 0 Å². The molecule has 0 aliphatic rings. The quantitative estimate of drug-likeness (QED) is 0.808. The molecule has 6 nitrogen and oxygen atoms in total. The molecule has 2 amide bonds. The number of hydrogen-bond donors (Lipinski definition) is 2. The van der Waals surface area contributed by atoms with Gasteiger partial charge in [-0.25, -0.2) is 0 Å². The first-order valence-electron chi connectivity index (χ1n) is 8.26. The number of furan rings is 1. The van der Waals surface area contributed by atoms with Crippen molar-refractivity contribution in [1.82, 2.24) is 15.5 Å². The number of rotatable bonds is 7. The van der Waals surface area contributed by atoms with Gasteiger partial charge in [-0.05, 0) is 45.6 Å². The van der Waals surface area contributed by atoms with Gasteiger partial charge in [0.25, 0.3) is 5.91 Å². The maximum atomic E-state index is 12.4. The van der Waals surface area contributed by atoms with Crippen LogP contribution in [0.4, 0.5) is 0 Å². The Kier molecular flexibility index (Phi) is 6.36. The minimum absolute atomic E-state index is 0.0260. The van der Waals surface area contributed by atoms with Gasteiger partial charge in [-0.1, -0.05) is 30.3 Å². The van der Waals surface area contributed by atoms with E-state index in [9.17, 15) is 9.59 Å². The third-order valence-corrected chi connectivity index (χ3v) is 4.03. The molecule has 134 valence electrons. The summed E-state index contributed by atoms with van der Waals surface area (Å²) in [5, 5.41) is 5.62. The van der Waals surface area contributed by atoms with Crippen LogP contribution in [0.2, 0.25) is 0 Å². The van der Waals surface area contributed by atoms with E-state index in [4.69, 9.17) is 4.42 Å². The van der Waals surface area contributed by atoms with Crippen molar-refractivity contribution in [2.75, 3.05) is 14.1 Å². The molecule has 6 heteroatoms. The molecular weight excluding hydrogens is 318 g/mol. The summed E-state index contributed by atoms with van der Waals surface area (Å²) >= 11 is 0. The molecule has 1 heterocycles. The maximum Gasteiger partial charge on any atom is 0.287 e. The van der Waals surface area contributed by atoms with E-state index in [1.54, 1.807) is 19.1 Å². The lowest BCUT2D eigenvalue weighted by atomic mass is 9.99. The summed E-state index contributed by atoms with van der Waals surface area (Å²) in [7, 11) is 3.95. The van der Waals surface area contributed by atoms with Crippen LogP contribution >= 0.6 is 0 Å². The van der Waals surface area contributed by atoms with E-state index in [1.807, 2.05) is 51.4 Å². The second-order valence-electron chi connectivity index (χ2n) is 6.29. The Hall–Kier alpha value is -2.60. The van der Waals surface area contributed by atoms with Gasteiger partial charge in [0.1, 0.15) is 6.04 Å². The first kappa shape index (κ1) is 18.7. The average molecular weight is 343 g/mol. The van der Waals surface area contributed by atoms with Crippen LogP contribution in [-0.4, -0.2) is 42.9 Å². The van der Waals surface area contributed by atoms with Gasteiger partial charge in [0, 0.05) is 6.04 Å². The number of nitrogens with zero attached hydrogens (tertiary/aromatic N) is 1. The van der Waals surface area contributed by atoms with Gasteiger partial charge in [0.2, 0.25) is 5.91 Å². The van der Waals surface area contributed by atoms with Crippen molar-refractivity contribution < 1.29 is 14.0 Å². The number of likely N-dealkylation sites (N-methyl/N-ethyl adjacent to an activating group) is 1. The van der Waals surface area contributed by atoms with E-state index in [1.165, 1.54) is 6.26 Å².